The van der Waals surface area contributed by atoms with Crippen molar-refractivity contribution in [3.8, 4) is 0 Å². The quantitative estimate of drug-likeness (QED) is 0.709. The highest BCUT2D eigenvalue weighted by molar-refractivity contribution is 5.26. The van der Waals surface area contributed by atoms with Crippen LogP contribution in [0.2, 0.25) is 0 Å². The van der Waals surface area contributed by atoms with Crippen molar-refractivity contribution in [2.45, 2.75) is 26.7 Å². The highest BCUT2D eigenvalue weighted by Crippen LogP contribution is 1.73. The molecule has 0 aromatic carbocycles. The predicted molar refractivity (Wildman–Crippen MR) is 61.1 cm³/mol. The van der Waals surface area contributed by atoms with Crippen LogP contribution in [0, 0.1) is 0 Å². The Balaban J connectivity index is 3.84. The minimum atomic E-state index is -0.368. The van der Waals surface area contributed by atoms with Gasteiger partial charge >= 0.3 is 5.69 Å². The Labute approximate surface area is 87.6 Å². The summed E-state index contributed by atoms with van der Waals surface area (Å²) in [7, 11) is 1.48. The molecule has 1 heterocycles. The molecule has 1 rings (SSSR count). The smallest absolute Gasteiger partial charge is 0.307 e. The van der Waals surface area contributed by atoms with Gasteiger partial charge in [0.05, 0.1) is 10.6 Å². The average Bonchev–Trinajstić information content (AvgIpc) is 2.21. The van der Waals surface area contributed by atoms with Crippen molar-refractivity contribution in [2.24, 2.45) is 7.05 Å². The molecular weight excluding hydrogens is 192 g/mol. The van der Waals surface area contributed by atoms with Gasteiger partial charge < -0.3 is 4.98 Å². The highest BCUT2D eigenvalue weighted by atomic mass is 16.2. The molecule has 15 heavy (non-hydrogen) atoms. The number of nitrogens with zero attached hydrogens (tertiary/aromatic N) is 1. The van der Waals surface area contributed by atoms with Crippen molar-refractivity contribution < 1.29 is 0 Å². The zero-order chi connectivity index (χ0) is 11.4. The fourth-order valence-corrected chi connectivity index (χ4v) is 1.42. The van der Waals surface area contributed by atoms with Gasteiger partial charge in [-0.1, -0.05) is 26.0 Å². The molecule has 0 bridgehead atoms. The highest BCUT2D eigenvalue weighted by Gasteiger charge is 1.98. The number of hydrogen-bond donors (Lipinski definition) is 1. The number of nitrogens with one attached hydrogen (secondary N) is 1. The molecule has 82 valence electrons. The van der Waals surface area contributed by atoms with Crippen LogP contribution in [0.4, 0.5) is 0 Å². The summed E-state index contributed by atoms with van der Waals surface area (Å²) in [5.41, 5.74) is -0.603. The third-order valence-electron chi connectivity index (χ3n) is 2.19. The molecule has 1 aromatic rings. The van der Waals surface area contributed by atoms with Crippen LogP contribution >= 0.6 is 0 Å². The molecular formula is C11H16N2O2. The lowest BCUT2D eigenvalue weighted by Gasteiger charge is -1.96. The number of aromatic amines is 1. The van der Waals surface area contributed by atoms with Gasteiger partial charge in [-0.25, -0.2) is 4.79 Å². The number of hydrogen-bond acceptors (Lipinski definition) is 2. The maximum absolute atomic E-state index is 11.8. The van der Waals surface area contributed by atoms with E-state index in [1.165, 1.54) is 7.05 Å². The molecule has 0 radical (unpaired) electrons. The Morgan fingerprint density at radius 3 is 2.33 bits per heavy atom. The second kappa shape index (κ2) is 4.77. The first-order chi connectivity index (χ1) is 7.11. The van der Waals surface area contributed by atoms with Crippen molar-refractivity contribution in [3.05, 3.63) is 31.4 Å². The van der Waals surface area contributed by atoms with Crippen LogP contribution in [0.1, 0.15) is 26.7 Å². The minimum absolute atomic E-state index is 0.236. The SMILES string of the molecule is CC/C=c1/[nH]c(=O)n(C)c(=O)/c1=C/CC. The maximum atomic E-state index is 11.8. The third-order valence-corrected chi connectivity index (χ3v) is 2.19. The summed E-state index contributed by atoms with van der Waals surface area (Å²) < 4.78 is 1.09. The molecule has 4 heteroatoms. The van der Waals surface area contributed by atoms with Gasteiger partial charge in [-0.05, 0) is 12.8 Å². The van der Waals surface area contributed by atoms with E-state index in [1.807, 2.05) is 26.0 Å². The van der Waals surface area contributed by atoms with Crippen LogP contribution in [-0.4, -0.2) is 9.55 Å². The summed E-state index contributed by atoms with van der Waals surface area (Å²) in [6, 6.07) is 0. The summed E-state index contributed by atoms with van der Waals surface area (Å²) in [6.45, 7) is 3.92. The van der Waals surface area contributed by atoms with E-state index in [-0.39, 0.29) is 11.2 Å². The summed E-state index contributed by atoms with van der Waals surface area (Å²) >= 11 is 0. The molecule has 0 aliphatic rings. The summed E-state index contributed by atoms with van der Waals surface area (Å²) in [5.74, 6) is 0. The zero-order valence-electron chi connectivity index (χ0n) is 9.33. The molecule has 0 unspecified atom stereocenters. The standard InChI is InChI=1S/C11H16N2O2/c1-4-6-8-9(7-5-2)12-11(15)13(3)10(8)14/h6-7H,4-5H2,1-3H3,(H,12,15)/b8-6+,9-7+. The molecule has 0 saturated carbocycles. The van der Waals surface area contributed by atoms with Gasteiger partial charge in [0, 0.05) is 7.05 Å². The van der Waals surface area contributed by atoms with Gasteiger partial charge in [-0.2, -0.15) is 0 Å². The van der Waals surface area contributed by atoms with Crippen molar-refractivity contribution in [1.29, 1.82) is 0 Å². The minimum Gasteiger partial charge on any atom is -0.307 e. The molecule has 0 amide bonds. The fourth-order valence-electron chi connectivity index (χ4n) is 1.42. The van der Waals surface area contributed by atoms with Crippen molar-refractivity contribution in [1.82, 2.24) is 9.55 Å². The van der Waals surface area contributed by atoms with Crippen LogP contribution in [0.5, 0.6) is 0 Å². The largest absolute Gasteiger partial charge is 0.328 e. The van der Waals surface area contributed by atoms with Gasteiger partial charge in [0.1, 0.15) is 0 Å². The van der Waals surface area contributed by atoms with Crippen molar-refractivity contribution in [2.75, 3.05) is 0 Å². The molecule has 0 fully saturated rings. The lowest BCUT2D eigenvalue weighted by atomic mass is 10.3. The number of rotatable bonds is 2. The summed E-state index contributed by atoms with van der Waals surface area (Å²) in [6.07, 6.45) is 5.24. The molecule has 0 aliphatic carbocycles. The van der Waals surface area contributed by atoms with Crippen LogP contribution in [0.25, 0.3) is 12.2 Å². The molecule has 1 N–H and O–H groups in total. The van der Waals surface area contributed by atoms with Crippen LogP contribution in [0.3, 0.4) is 0 Å². The van der Waals surface area contributed by atoms with E-state index in [0.29, 0.717) is 10.6 Å². The Morgan fingerprint density at radius 2 is 1.80 bits per heavy atom. The van der Waals surface area contributed by atoms with Gasteiger partial charge in [0.15, 0.2) is 0 Å². The van der Waals surface area contributed by atoms with E-state index in [9.17, 15) is 9.59 Å². The van der Waals surface area contributed by atoms with Crippen LogP contribution < -0.4 is 21.8 Å². The Kier molecular flexibility index (Phi) is 3.66. The fraction of sp³-hybridized carbons (Fsp3) is 0.455. The van der Waals surface area contributed by atoms with Crippen molar-refractivity contribution in [3.63, 3.8) is 0 Å². The number of aromatic nitrogens is 2. The lowest BCUT2D eigenvalue weighted by molar-refractivity contribution is 0.755. The third kappa shape index (κ3) is 2.26. The Hall–Kier alpha value is -1.58. The van der Waals surface area contributed by atoms with Gasteiger partial charge in [0.2, 0.25) is 0 Å². The zero-order valence-corrected chi connectivity index (χ0v) is 9.33. The van der Waals surface area contributed by atoms with E-state index in [2.05, 4.69) is 4.98 Å². The van der Waals surface area contributed by atoms with Gasteiger partial charge in [0.25, 0.3) is 5.56 Å². The van der Waals surface area contributed by atoms with Crippen LogP contribution in [-0.2, 0) is 7.05 Å². The van der Waals surface area contributed by atoms with E-state index in [0.717, 1.165) is 17.4 Å². The summed E-state index contributed by atoms with van der Waals surface area (Å²) in [4.78, 5) is 25.8. The monoisotopic (exact) mass is 208 g/mol. The second-order valence-corrected chi connectivity index (χ2v) is 3.35. The molecule has 4 nitrogen and oxygen atoms in total. The normalized spacial score (nSPS) is 13.5. The lowest BCUT2D eigenvalue weighted by Crippen LogP contribution is -2.52. The Bertz CT molecular complexity index is 564. The molecule has 0 saturated heterocycles. The maximum Gasteiger partial charge on any atom is 0.328 e. The molecule has 0 spiro atoms. The average molecular weight is 208 g/mol. The topological polar surface area (TPSA) is 54.9 Å². The van der Waals surface area contributed by atoms with E-state index >= 15 is 0 Å². The van der Waals surface area contributed by atoms with Crippen LogP contribution in [0.15, 0.2) is 9.59 Å². The van der Waals surface area contributed by atoms with E-state index < -0.39 is 0 Å². The van der Waals surface area contributed by atoms with Gasteiger partial charge in [-0.3, -0.25) is 9.36 Å². The predicted octanol–water partition coefficient (Wildman–Crippen LogP) is -0.545. The number of H-pyrrole nitrogens is 1. The second-order valence-electron chi connectivity index (χ2n) is 3.35. The molecule has 0 aliphatic heterocycles. The van der Waals surface area contributed by atoms with E-state index in [4.69, 9.17) is 0 Å². The van der Waals surface area contributed by atoms with Gasteiger partial charge in [-0.15, -0.1) is 0 Å². The molecule has 1 aromatic heterocycles. The Morgan fingerprint density at radius 1 is 1.20 bits per heavy atom. The first-order valence-electron chi connectivity index (χ1n) is 5.11. The van der Waals surface area contributed by atoms with E-state index in [1.54, 1.807) is 0 Å². The first-order valence-corrected chi connectivity index (χ1v) is 5.11. The molecule has 0 atom stereocenters. The van der Waals surface area contributed by atoms with Crippen molar-refractivity contribution >= 4 is 12.2 Å². The summed E-state index contributed by atoms with van der Waals surface area (Å²) in [5, 5.41) is 1.22. The first kappa shape index (κ1) is 11.5.